The molecular weight excluding hydrogens is 707 g/mol. The van der Waals surface area contributed by atoms with E-state index in [-0.39, 0.29) is 37.6 Å². The van der Waals surface area contributed by atoms with Crippen LogP contribution in [-0.2, 0) is 31.5 Å². The summed E-state index contributed by atoms with van der Waals surface area (Å²) in [7, 11) is -4.61. The number of nitrogens with zero attached hydrogens (tertiary/aromatic N) is 2. The van der Waals surface area contributed by atoms with E-state index in [0.29, 0.717) is 43.7 Å². The Morgan fingerprint density at radius 3 is 2.02 bits per heavy atom. The monoisotopic (exact) mass is 738 g/mol. The average molecular weight is 739 g/mol. The second-order valence-corrected chi connectivity index (χ2v) is 14.5. The molecule has 2 fully saturated rings. The number of alkyl halides is 6. The highest BCUT2D eigenvalue weighted by Gasteiger charge is 2.73. The highest BCUT2D eigenvalue weighted by atomic mass is 32.2. The first kappa shape index (κ1) is 37.4. The van der Waals surface area contributed by atoms with Crippen molar-refractivity contribution in [1.29, 1.82) is 0 Å². The third-order valence-corrected chi connectivity index (χ3v) is 11.8. The molecule has 2 aliphatic heterocycles. The van der Waals surface area contributed by atoms with E-state index in [9.17, 15) is 57.8 Å². The molecule has 5 rings (SSSR count). The molecule has 2 aliphatic rings. The number of rotatable bonds is 9. The number of amides is 2. The summed E-state index contributed by atoms with van der Waals surface area (Å²) in [5, 5.41) is 9.27. The van der Waals surface area contributed by atoms with Crippen molar-refractivity contribution >= 4 is 15.9 Å². The highest BCUT2D eigenvalue weighted by molar-refractivity contribution is 7.92. The lowest BCUT2D eigenvalue weighted by Gasteiger charge is -2.38. The standard InChI is InChI=1S/C33H31F9N2O5S/c34-24-8-10-25(11-9-24)50(47,48)30(14-16-44(20-30)29(46)43-15-12-21(18-43)13-17-45)22-4-6-23(7-5-22)31(32(37,38)39,33(40,41)42)49-19-26-27(35)2-1-3-28(26)36/h1-11,21,45H,12-20H2/t21-,30+/m1/s1. The quantitative estimate of drug-likeness (QED) is 0.192. The average Bonchev–Trinajstić information content (AvgIpc) is 3.71. The van der Waals surface area contributed by atoms with Crippen LogP contribution >= 0.6 is 0 Å². The lowest BCUT2D eigenvalue weighted by Crippen LogP contribution is -2.56. The van der Waals surface area contributed by atoms with Crippen molar-refractivity contribution < 1.29 is 62.6 Å². The van der Waals surface area contributed by atoms with Crippen molar-refractivity contribution in [3.8, 4) is 0 Å². The van der Waals surface area contributed by atoms with E-state index in [2.05, 4.69) is 4.74 Å². The Morgan fingerprint density at radius 2 is 1.46 bits per heavy atom. The molecule has 0 saturated carbocycles. The number of aliphatic hydroxyl groups excluding tert-OH is 1. The van der Waals surface area contributed by atoms with Crippen molar-refractivity contribution in [3.05, 3.63) is 101 Å². The van der Waals surface area contributed by atoms with Crippen LogP contribution in [-0.4, -0.2) is 74.5 Å². The van der Waals surface area contributed by atoms with E-state index in [4.69, 9.17) is 0 Å². The van der Waals surface area contributed by atoms with Crippen LogP contribution in [0.15, 0.2) is 71.6 Å². The van der Waals surface area contributed by atoms with Gasteiger partial charge in [-0.25, -0.2) is 26.4 Å². The summed E-state index contributed by atoms with van der Waals surface area (Å²) in [4.78, 5) is 15.8. The van der Waals surface area contributed by atoms with Gasteiger partial charge in [-0.1, -0.05) is 30.3 Å². The van der Waals surface area contributed by atoms with Crippen LogP contribution in [0.3, 0.4) is 0 Å². The van der Waals surface area contributed by atoms with Gasteiger partial charge in [-0.2, -0.15) is 26.3 Å². The third-order valence-electron chi connectivity index (χ3n) is 9.35. The number of urea groups is 1. The van der Waals surface area contributed by atoms with E-state index in [1.807, 2.05) is 0 Å². The minimum absolute atomic E-state index is 0.00595. The minimum Gasteiger partial charge on any atom is -0.396 e. The molecule has 2 saturated heterocycles. The largest absolute Gasteiger partial charge is 0.430 e. The number of sulfone groups is 1. The predicted octanol–water partition coefficient (Wildman–Crippen LogP) is 6.84. The SMILES string of the molecule is O=C(N1CC[C@H](CCO)C1)N1CC[C@](c2ccc(C(OCc3c(F)cccc3F)(C(F)(F)F)C(F)(F)F)cc2)(S(=O)(=O)c2ccc(F)cc2)C1. The lowest BCUT2D eigenvalue weighted by molar-refractivity contribution is -0.392. The zero-order valence-corrected chi connectivity index (χ0v) is 26.9. The topological polar surface area (TPSA) is 87.2 Å². The first-order valence-electron chi connectivity index (χ1n) is 15.3. The Labute approximate surface area is 281 Å². The van der Waals surface area contributed by atoms with E-state index < -0.39 is 85.2 Å². The number of hydrogen-bond acceptors (Lipinski definition) is 5. The fourth-order valence-electron chi connectivity index (χ4n) is 6.61. The Kier molecular flexibility index (Phi) is 10.3. The fourth-order valence-corrected chi connectivity index (χ4v) is 8.69. The maximum Gasteiger partial charge on any atom is 0.430 e. The normalized spacial score (nSPS) is 20.5. The van der Waals surface area contributed by atoms with E-state index >= 15 is 0 Å². The number of ether oxygens (including phenoxy) is 1. The second kappa shape index (κ2) is 13.7. The molecular formula is C33H31F9N2O5S. The molecule has 0 aromatic heterocycles. The summed E-state index contributed by atoms with van der Waals surface area (Å²) >= 11 is 0. The van der Waals surface area contributed by atoms with Gasteiger partial charge in [-0.15, -0.1) is 0 Å². The highest BCUT2D eigenvalue weighted by Crippen LogP contribution is 2.54. The van der Waals surface area contributed by atoms with Crippen molar-refractivity contribution in [1.82, 2.24) is 9.80 Å². The molecule has 272 valence electrons. The number of carbonyl (C=O) groups excluding carboxylic acids is 1. The number of carbonyl (C=O) groups is 1. The van der Waals surface area contributed by atoms with Crippen molar-refractivity contribution in [2.24, 2.45) is 5.92 Å². The van der Waals surface area contributed by atoms with E-state index in [1.165, 1.54) is 9.80 Å². The number of hydrogen-bond donors (Lipinski definition) is 1. The summed E-state index contributed by atoms with van der Waals surface area (Å²) in [6, 6.07) is 7.47. The van der Waals surface area contributed by atoms with Gasteiger partial charge in [0.05, 0.1) is 11.5 Å². The van der Waals surface area contributed by atoms with Crippen LogP contribution in [0.5, 0.6) is 0 Å². The van der Waals surface area contributed by atoms with Gasteiger partial charge in [0.1, 0.15) is 22.2 Å². The van der Waals surface area contributed by atoms with E-state index in [1.54, 1.807) is 0 Å². The van der Waals surface area contributed by atoms with Gasteiger partial charge in [0, 0.05) is 43.9 Å². The maximum absolute atomic E-state index is 14.5. The van der Waals surface area contributed by atoms with Crippen molar-refractivity contribution in [2.45, 2.75) is 53.5 Å². The van der Waals surface area contributed by atoms with Crippen molar-refractivity contribution in [2.75, 3.05) is 32.8 Å². The first-order chi connectivity index (χ1) is 23.4. The van der Waals surface area contributed by atoms with Crippen LogP contribution in [0.2, 0.25) is 0 Å². The van der Waals surface area contributed by atoms with Crippen LogP contribution in [0.25, 0.3) is 0 Å². The van der Waals surface area contributed by atoms with Crippen LogP contribution in [0.4, 0.5) is 44.3 Å². The van der Waals surface area contributed by atoms with E-state index in [0.717, 1.165) is 42.5 Å². The van der Waals surface area contributed by atoms with Crippen LogP contribution in [0, 0.1) is 23.4 Å². The smallest absolute Gasteiger partial charge is 0.396 e. The van der Waals surface area contributed by atoms with Gasteiger partial charge in [-0.05, 0) is 67.1 Å². The number of benzene rings is 3. The molecule has 3 aromatic carbocycles. The summed E-state index contributed by atoms with van der Waals surface area (Å²) in [6.45, 7) is -1.96. The Morgan fingerprint density at radius 1 is 0.860 bits per heavy atom. The molecule has 0 aliphatic carbocycles. The summed E-state index contributed by atoms with van der Waals surface area (Å²) in [5.74, 6) is -3.65. The van der Waals surface area contributed by atoms with Gasteiger partial charge in [0.15, 0.2) is 9.84 Å². The van der Waals surface area contributed by atoms with Gasteiger partial charge in [0.2, 0.25) is 0 Å². The minimum atomic E-state index is -6.23. The molecule has 50 heavy (non-hydrogen) atoms. The predicted molar refractivity (Wildman–Crippen MR) is 160 cm³/mol. The molecule has 2 amide bonds. The van der Waals surface area contributed by atoms with Gasteiger partial charge < -0.3 is 19.6 Å². The Balaban J connectivity index is 1.57. The van der Waals surface area contributed by atoms with Crippen LogP contribution < -0.4 is 0 Å². The molecule has 2 heterocycles. The fraction of sp³-hybridized carbons (Fsp3) is 0.424. The number of likely N-dealkylation sites (tertiary alicyclic amines) is 2. The summed E-state index contributed by atoms with van der Waals surface area (Å²) in [6.07, 6.45) is -11.8. The molecule has 3 aromatic rings. The van der Waals surface area contributed by atoms with Crippen molar-refractivity contribution in [3.63, 3.8) is 0 Å². The molecule has 0 radical (unpaired) electrons. The third kappa shape index (κ3) is 6.54. The lowest BCUT2D eigenvalue weighted by atomic mass is 9.88. The number of halogens is 9. The first-order valence-corrected chi connectivity index (χ1v) is 16.8. The number of aliphatic hydroxyl groups is 1. The zero-order chi connectivity index (χ0) is 36.7. The summed E-state index contributed by atoms with van der Waals surface area (Å²) in [5.41, 5.74) is -8.10. The van der Waals surface area contributed by atoms with Gasteiger partial charge in [-0.3, -0.25) is 0 Å². The molecule has 2 atom stereocenters. The molecule has 0 bridgehead atoms. The summed E-state index contributed by atoms with van der Waals surface area (Å²) < 4.78 is 160. The van der Waals surface area contributed by atoms with Crippen LogP contribution in [0.1, 0.15) is 36.0 Å². The molecule has 17 heteroatoms. The Bertz CT molecular complexity index is 1770. The molecule has 1 N–H and O–H groups in total. The molecule has 7 nitrogen and oxygen atoms in total. The van der Waals surface area contributed by atoms with Gasteiger partial charge in [0.25, 0.3) is 5.60 Å². The molecule has 0 spiro atoms. The zero-order valence-electron chi connectivity index (χ0n) is 26.1. The Hall–Kier alpha value is -3.83. The molecule has 0 unspecified atom stereocenters. The van der Waals surface area contributed by atoms with Gasteiger partial charge >= 0.3 is 18.4 Å². The second-order valence-electron chi connectivity index (χ2n) is 12.3. The maximum atomic E-state index is 14.5.